The van der Waals surface area contributed by atoms with Gasteiger partial charge in [-0.15, -0.1) is 0 Å². The van der Waals surface area contributed by atoms with Crippen molar-refractivity contribution in [2.45, 2.75) is 6.42 Å². The van der Waals surface area contributed by atoms with E-state index < -0.39 is 0 Å². The fraction of sp³-hybridized carbons (Fsp3) is 0.273. The van der Waals surface area contributed by atoms with E-state index in [1.165, 1.54) is 7.11 Å². The van der Waals surface area contributed by atoms with Gasteiger partial charge in [0.2, 0.25) is 0 Å². The van der Waals surface area contributed by atoms with Gasteiger partial charge in [-0.05, 0) is 24.7 Å². The maximum atomic E-state index is 9.48. The molecule has 0 amide bonds. The zero-order valence-corrected chi connectivity index (χ0v) is 9.47. The Hall–Kier alpha value is -2.08. The van der Waals surface area contributed by atoms with Crippen molar-refractivity contribution in [2.75, 3.05) is 13.7 Å². The third kappa shape index (κ3) is 2.36. The summed E-state index contributed by atoms with van der Waals surface area (Å²) in [6.07, 6.45) is 0.655. The Morgan fingerprint density at radius 2 is 2.29 bits per heavy atom. The first kappa shape index (κ1) is 11.4. The average molecular weight is 234 g/mol. The van der Waals surface area contributed by atoms with Crippen LogP contribution in [0.1, 0.15) is 5.82 Å². The number of methoxy groups -OCH3 is 1. The standard InChI is InChI=1S/C11H14N4O2/c1-17-9-6-7(2-3-8(9)16)11-13-10(4-5-12)14-15-11/h2-3,6,16H,4-5,12H2,1H3,(H,13,14,15). The van der Waals surface area contributed by atoms with Gasteiger partial charge in [-0.25, -0.2) is 4.98 Å². The van der Waals surface area contributed by atoms with E-state index >= 15 is 0 Å². The SMILES string of the molecule is COc1cc(-c2n[nH]c(CCN)n2)ccc1O. The van der Waals surface area contributed by atoms with Gasteiger partial charge in [0.1, 0.15) is 5.82 Å². The van der Waals surface area contributed by atoms with Crippen LogP contribution in [0.2, 0.25) is 0 Å². The molecule has 0 bridgehead atoms. The summed E-state index contributed by atoms with van der Waals surface area (Å²) in [7, 11) is 1.50. The predicted octanol–water partition coefficient (Wildman–Crippen LogP) is 0.687. The first-order valence-corrected chi connectivity index (χ1v) is 5.23. The molecular formula is C11H14N4O2. The lowest BCUT2D eigenvalue weighted by atomic mass is 10.2. The highest BCUT2D eigenvalue weighted by molar-refractivity contribution is 5.60. The van der Waals surface area contributed by atoms with Crippen LogP contribution >= 0.6 is 0 Å². The van der Waals surface area contributed by atoms with Crippen molar-refractivity contribution in [1.29, 1.82) is 0 Å². The number of rotatable bonds is 4. The molecule has 0 spiro atoms. The lowest BCUT2D eigenvalue weighted by molar-refractivity contribution is 0.373. The van der Waals surface area contributed by atoms with E-state index in [2.05, 4.69) is 15.2 Å². The molecule has 17 heavy (non-hydrogen) atoms. The normalized spacial score (nSPS) is 10.5. The second kappa shape index (κ2) is 4.84. The molecule has 2 rings (SSSR count). The van der Waals surface area contributed by atoms with Crippen LogP contribution in [0.5, 0.6) is 11.5 Å². The average Bonchev–Trinajstić information content (AvgIpc) is 2.79. The van der Waals surface area contributed by atoms with Gasteiger partial charge in [-0.1, -0.05) is 0 Å². The number of nitrogens with one attached hydrogen (secondary N) is 1. The summed E-state index contributed by atoms with van der Waals surface area (Å²) >= 11 is 0. The predicted molar refractivity (Wildman–Crippen MR) is 62.8 cm³/mol. The first-order valence-electron chi connectivity index (χ1n) is 5.23. The summed E-state index contributed by atoms with van der Waals surface area (Å²) in [5, 5.41) is 16.4. The van der Waals surface area contributed by atoms with Crippen molar-refractivity contribution in [3.05, 3.63) is 24.0 Å². The second-order valence-electron chi connectivity index (χ2n) is 3.53. The van der Waals surface area contributed by atoms with Crippen molar-refractivity contribution >= 4 is 0 Å². The van der Waals surface area contributed by atoms with E-state index in [-0.39, 0.29) is 5.75 Å². The summed E-state index contributed by atoms with van der Waals surface area (Å²) in [4.78, 5) is 4.29. The number of phenols is 1. The van der Waals surface area contributed by atoms with Crippen LogP contribution in [0, 0.1) is 0 Å². The van der Waals surface area contributed by atoms with Gasteiger partial charge in [0, 0.05) is 12.0 Å². The Kier molecular flexibility index (Phi) is 3.24. The summed E-state index contributed by atoms with van der Waals surface area (Å²) < 4.78 is 5.03. The molecular weight excluding hydrogens is 220 g/mol. The third-order valence-electron chi connectivity index (χ3n) is 2.35. The topological polar surface area (TPSA) is 97.0 Å². The molecule has 0 aliphatic heterocycles. The number of hydrogen-bond acceptors (Lipinski definition) is 5. The van der Waals surface area contributed by atoms with Gasteiger partial charge in [-0.3, -0.25) is 5.10 Å². The minimum absolute atomic E-state index is 0.0916. The molecule has 0 unspecified atom stereocenters. The van der Waals surface area contributed by atoms with E-state index in [1.54, 1.807) is 18.2 Å². The lowest BCUT2D eigenvalue weighted by Gasteiger charge is -2.03. The number of benzene rings is 1. The number of ether oxygens (including phenoxy) is 1. The Morgan fingerprint density at radius 1 is 1.47 bits per heavy atom. The van der Waals surface area contributed by atoms with E-state index in [1.807, 2.05) is 0 Å². The van der Waals surface area contributed by atoms with Crippen LogP contribution in [0.15, 0.2) is 18.2 Å². The highest BCUT2D eigenvalue weighted by atomic mass is 16.5. The Balaban J connectivity index is 2.32. The maximum Gasteiger partial charge on any atom is 0.181 e. The Labute approximate surface area is 98.4 Å². The summed E-state index contributed by atoms with van der Waals surface area (Å²) in [6.45, 7) is 0.521. The van der Waals surface area contributed by atoms with E-state index in [0.29, 0.717) is 24.5 Å². The molecule has 0 atom stereocenters. The Bertz CT molecular complexity index is 510. The molecule has 1 heterocycles. The fourth-order valence-corrected chi connectivity index (χ4v) is 1.49. The lowest BCUT2D eigenvalue weighted by Crippen LogP contribution is -2.03. The molecule has 0 fully saturated rings. The zero-order chi connectivity index (χ0) is 12.3. The second-order valence-corrected chi connectivity index (χ2v) is 3.53. The number of phenolic OH excluding ortho intramolecular Hbond substituents is 1. The number of hydrogen-bond donors (Lipinski definition) is 3. The number of nitrogens with two attached hydrogens (primary N) is 1. The quantitative estimate of drug-likeness (QED) is 0.723. The largest absolute Gasteiger partial charge is 0.504 e. The number of aromatic amines is 1. The van der Waals surface area contributed by atoms with Crippen LogP contribution in [0.3, 0.4) is 0 Å². The molecule has 6 nitrogen and oxygen atoms in total. The summed E-state index contributed by atoms with van der Waals surface area (Å²) in [6, 6.07) is 4.96. The molecule has 0 radical (unpaired) electrons. The molecule has 4 N–H and O–H groups in total. The minimum Gasteiger partial charge on any atom is -0.504 e. The minimum atomic E-state index is 0.0916. The summed E-state index contributed by atoms with van der Waals surface area (Å²) in [5.74, 6) is 1.79. The van der Waals surface area contributed by atoms with E-state index in [4.69, 9.17) is 10.5 Å². The van der Waals surface area contributed by atoms with Gasteiger partial charge >= 0.3 is 0 Å². The van der Waals surface area contributed by atoms with Crippen molar-refractivity contribution in [1.82, 2.24) is 15.2 Å². The molecule has 1 aromatic carbocycles. The molecule has 6 heteroatoms. The summed E-state index contributed by atoms with van der Waals surface area (Å²) in [5.41, 5.74) is 6.21. The maximum absolute atomic E-state index is 9.48. The van der Waals surface area contributed by atoms with Crippen LogP contribution in [0.25, 0.3) is 11.4 Å². The fourth-order valence-electron chi connectivity index (χ4n) is 1.49. The monoisotopic (exact) mass is 234 g/mol. The van der Waals surface area contributed by atoms with Crippen molar-refractivity contribution in [2.24, 2.45) is 5.73 Å². The van der Waals surface area contributed by atoms with E-state index in [0.717, 1.165) is 11.4 Å². The number of nitrogens with zero attached hydrogens (tertiary/aromatic N) is 2. The number of aromatic hydroxyl groups is 1. The van der Waals surface area contributed by atoms with Crippen molar-refractivity contribution in [3.63, 3.8) is 0 Å². The molecule has 0 aliphatic carbocycles. The highest BCUT2D eigenvalue weighted by Crippen LogP contribution is 2.29. The van der Waals surface area contributed by atoms with E-state index in [9.17, 15) is 5.11 Å². The zero-order valence-electron chi connectivity index (χ0n) is 9.47. The van der Waals surface area contributed by atoms with Gasteiger partial charge in [0.15, 0.2) is 17.3 Å². The first-order chi connectivity index (χ1) is 8.24. The van der Waals surface area contributed by atoms with Gasteiger partial charge < -0.3 is 15.6 Å². The van der Waals surface area contributed by atoms with Gasteiger partial charge in [0.25, 0.3) is 0 Å². The molecule has 0 aliphatic rings. The third-order valence-corrected chi connectivity index (χ3v) is 2.35. The molecule has 2 aromatic rings. The number of H-pyrrole nitrogens is 1. The smallest absolute Gasteiger partial charge is 0.181 e. The molecule has 90 valence electrons. The molecule has 0 saturated heterocycles. The molecule has 1 aromatic heterocycles. The highest BCUT2D eigenvalue weighted by Gasteiger charge is 2.09. The number of aromatic nitrogens is 3. The van der Waals surface area contributed by atoms with Gasteiger partial charge in [0.05, 0.1) is 7.11 Å². The van der Waals surface area contributed by atoms with Crippen LogP contribution in [-0.2, 0) is 6.42 Å². The van der Waals surface area contributed by atoms with Crippen LogP contribution < -0.4 is 10.5 Å². The van der Waals surface area contributed by atoms with Crippen LogP contribution in [0.4, 0.5) is 0 Å². The van der Waals surface area contributed by atoms with Crippen molar-refractivity contribution in [3.8, 4) is 22.9 Å². The van der Waals surface area contributed by atoms with Crippen LogP contribution in [-0.4, -0.2) is 33.9 Å². The van der Waals surface area contributed by atoms with Crippen molar-refractivity contribution < 1.29 is 9.84 Å². The Morgan fingerprint density at radius 3 is 3.00 bits per heavy atom. The molecule has 0 saturated carbocycles. The van der Waals surface area contributed by atoms with Gasteiger partial charge in [-0.2, -0.15) is 5.10 Å².